The van der Waals surface area contributed by atoms with Gasteiger partial charge in [-0.25, -0.2) is 4.79 Å². The van der Waals surface area contributed by atoms with Crippen LogP contribution < -0.4 is 0 Å². The average molecular weight is 364 g/mol. The van der Waals surface area contributed by atoms with Crippen molar-refractivity contribution in [1.29, 1.82) is 0 Å². The summed E-state index contributed by atoms with van der Waals surface area (Å²) in [5, 5.41) is 0. The minimum Gasteiger partial charge on any atom is -0.444 e. The van der Waals surface area contributed by atoms with Crippen LogP contribution in [0.15, 0.2) is 18.5 Å². The van der Waals surface area contributed by atoms with Gasteiger partial charge in [-0.2, -0.15) is 26.7 Å². The number of pyridine rings is 1. The molecule has 8 heteroatoms. The van der Waals surface area contributed by atoms with Crippen molar-refractivity contribution in [2.24, 2.45) is 5.92 Å². The zero-order valence-electron chi connectivity index (χ0n) is 14.0. The van der Waals surface area contributed by atoms with E-state index in [9.17, 15) is 18.0 Å². The summed E-state index contributed by atoms with van der Waals surface area (Å²) in [6.07, 6.45) is -1.27. The molecule has 0 N–H and O–H groups in total. The second-order valence-corrected chi connectivity index (χ2v) is 6.86. The number of hydrogen-bond donors (Lipinski definition) is 0. The van der Waals surface area contributed by atoms with Crippen molar-refractivity contribution in [3.63, 3.8) is 0 Å². The summed E-state index contributed by atoms with van der Waals surface area (Å²) in [6, 6.07) is 1.13. The standard InChI is InChI=1S/C16H21F3N2O2.H2S/c1-15(2,3)23-14(22)21-5-4-11(10-21)6-12-7-13(9-20-8-12)16(17,18)19;/h7-9,11H,4-6,10H2,1-3H3;1H2/t11-;/m1./s1. The minimum atomic E-state index is -4.39. The van der Waals surface area contributed by atoms with Gasteiger partial charge in [0, 0.05) is 25.5 Å². The predicted octanol–water partition coefficient (Wildman–Crippen LogP) is 4.01. The number of halogens is 3. The number of rotatable bonds is 2. The Morgan fingerprint density at radius 1 is 1.33 bits per heavy atom. The summed E-state index contributed by atoms with van der Waals surface area (Å²) in [5.41, 5.74) is -0.756. The Balaban J connectivity index is 0.00000288. The average Bonchev–Trinajstić information content (AvgIpc) is 2.85. The first kappa shape index (κ1) is 20.6. The highest BCUT2D eigenvalue weighted by Gasteiger charge is 2.32. The molecule has 24 heavy (non-hydrogen) atoms. The summed E-state index contributed by atoms with van der Waals surface area (Å²) >= 11 is 0. The van der Waals surface area contributed by atoms with Crippen LogP contribution in [0.25, 0.3) is 0 Å². The number of nitrogens with zero attached hydrogens (tertiary/aromatic N) is 2. The molecule has 0 aliphatic carbocycles. The normalized spacial score (nSPS) is 18.2. The third-order valence-corrected chi connectivity index (χ3v) is 3.58. The van der Waals surface area contributed by atoms with Crippen LogP contribution in [0.2, 0.25) is 0 Å². The van der Waals surface area contributed by atoms with Crippen LogP contribution in [0.5, 0.6) is 0 Å². The number of aromatic nitrogens is 1. The molecule has 1 atom stereocenters. The van der Waals surface area contributed by atoms with Crippen LogP contribution in [-0.4, -0.2) is 34.7 Å². The highest BCUT2D eigenvalue weighted by molar-refractivity contribution is 7.59. The lowest BCUT2D eigenvalue weighted by atomic mass is 9.99. The van der Waals surface area contributed by atoms with Gasteiger partial charge >= 0.3 is 12.3 Å². The molecule has 1 aromatic rings. The molecule has 1 aliphatic heterocycles. The highest BCUT2D eigenvalue weighted by Crippen LogP contribution is 2.30. The van der Waals surface area contributed by atoms with Crippen LogP contribution in [0.3, 0.4) is 0 Å². The van der Waals surface area contributed by atoms with Gasteiger partial charge in [0.1, 0.15) is 5.60 Å². The van der Waals surface area contributed by atoms with E-state index in [0.717, 1.165) is 18.7 Å². The Morgan fingerprint density at radius 2 is 2.00 bits per heavy atom. The monoisotopic (exact) mass is 364 g/mol. The molecule has 0 saturated carbocycles. The number of carbonyl (C=O) groups excluding carboxylic acids is 1. The molecule has 1 aromatic heterocycles. The Bertz CT molecular complexity index is 573. The lowest BCUT2D eigenvalue weighted by molar-refractivity contribution is -0.137. The smallest absolute Gasteiger partial charge is 0.417 e. The van der Waals surface area contributed by atoms with Gasteiger partial charge in [-0.15, -0.1) is 0 Å². The first-order valence-corrected chi connectivity index (χ1v) is 7.53. The van der Waals surface area contributed by atoms with Gasteiger partial charge in [0.15, 0.2) is 0 Å². The molecule has 2 heterocycles. The van der Waals surface area contributed by atoms with Gasteiger partial charge in [-0.05, 0) is 51.2 Å². The van der Waals surface area contributed by atoms with E-state index in [-0.39, 0.29) is 25.5 Å². The molecule has 1 saturated heterocycles. The van der Waals surface area contributed by atoms with Crippen molar-refractivity contribution in [2.45, 2.75) is 45.4 Å². The first-order chi connectivity index (χ1) is 10.5. The third-order valence-electron chi connectivity index (χ3n) is 3.58. The Morgan fingerprint density at radius 3 is 2.58 bits per heavy atom. The molecule has 1 amide bonds. The van der Waals surface area contributed by atoms with Gasteiger partial charge in [0.05, 0.1) is 5.56 Å². The highest BCUT2D eigenvalue weighted by atomic mass is 32.1. The predicted molar refractivity (Wildman–Crippen MR) is 89.2 cm³/mol. The maximum absolute atomic E-state index is 12.7. The Hall–Kier alpha value is -1.44. The summed E-state index contributed by atoms with van der Waals surface area (Å²) < 4.78 is 43.4. The molecule has 2 rings (SSSR count). The van der Waals surface area contributed by atoms with E-state index < -0.39 is 17.3 Å². The van der Waals surface area contributed by atoms with E-state index in [1.165, 1.54) is 6.20 Å². The van der Waals surface area contributed by atoms with Crippen LogP contribution in [0.4, 0.5) is 18.0 Å². The van der Waals surface area contributed by atoms with E-state index in [2.05, 4.69) is 4.98 Å². The zero-order valence-corrected chi connectivity index (χ0v) is 15.0. The fraction of sp³-hybridized carbons (Fsp3) is 0.625. The van der Waals surface area contributed by atoms with Crippen LogP contribution in [-0.2, 0) is 17.3 Å². The van der Waals surface area contributed by atoms with E-state index >= 15 is 0 Å². The molecule has 0 spiro atoms. The second-order valence-electron chi connectivity index (χ2n) is 6.86. The molecular weight excluding hydrogens is 341 g/mol. The number of carbonyl (C=O) groups is 1. The summed E-state index contributed by atoms with van der Waals surface area (Å²) in [7, 11) is 0. The molecule has 136 valence electrons. The maximum atomic E-state index is 12.7. The summed E-state index contributed by atoms with van der Waals surface area (Å²) in [6.45, 7) is 6.45. The van der Waals surface area contributed by atoms with E-state index in [1.807, 2.05) is 0 Å². The van der Waals surface area contributed by atoms with E-state index in [0.29, 0.717) is 25.1 Å². The topological polar surface area (TPSA) is 42.4 Å². The first-order valence-electron chi connectivity index (χ1n) is 7.53. The fourth-order valence-electron chi connectivity index (χ4n) is 2.58. The number of likely N-dealkylation sites (tertiary alicyclic amines) is 1. The maximum Gasteiger partial charge on any atom is 0.417 e. The fourth-order valence-corrected chi connectivity index (χ4v) is 2.58. The van der Waals surface area contributed by atoms with E-state index in [4.69, 9.17) is 4.74 Å². The van der Waals surface area contributed by atoms with Crippen LogP contribution in [0.1, 0.15) is 38.3 Å². The Labute approximate surface area is 146 Å². The van der Waals surface area contributed by atoms with Crippen molar-refractivity contribution < 1.29 is 22.7 Å². The quantitative estimate of drug-likeness (QED) is 0.796. The molecule has 1 fully saturated rings. The number of amides is 1. The molecule has 0 radical (unpaired) electrons. The summed E-state index contributed by atoms with van der Waals surface area (Å²) in [4.78, 5) is 17.3. The minimum absolute atomic E-state index is 0. The molecule has 0 unspecified atom stereocenters. The third kappa shape index (κ3) is 5.89. The zero-order chi connectivity index (χ0) is 17.3. The van der Waals surface area contributed by atoms with Crippen molar-refractivity contribution >= 4 is 19.6 Å². The van der Waals surface area contributed by atoms with E-state index in [1.54, 1.807) is 25.7 Å². The lowest BCUT2D eigenvalue weighted by Gasteiger charge is -2.24. The SMILES string of the molecule is CC(C)(C)OC(=O)N1CC[C@H](Cc2cncc(C(F)(F)F)c2)C1.S. The molecule has 4 nitrogen and oxygen atoms in total. The van der Waals surface area contributed by atoms with Crippen LogP contribution in [0, 0.1) is 5.92 Å². The van der Waals surface area contributed by atoms with Gasteiger partial charge < -0.3 is 9.64 Å². The van der Waals surface area contributed by atoms with Gasteiger partial charge in [0.2, 0.25) is 0 Å². The number of ether oxygens (including phenoxy) is 1. The van der Waals surface area contributed by atoms with Crippen molar-refractivity contribution in [1.82, 2.24) is 9.88 Å². The van der Waals surface area contributed by atoms with Crippen LogP contribution >= 0.6 is 13.5 Å². The van der Waals surface area contributed by atoms with Crippen molar-refractivity contribution in [2.75, 3.05) is 13.1 Å². The number of alkyl halides is 3. The largest absolute Gasteiger partial charge is 0.444 e. The van der Waals surface area contributed by atoms with Gasteiger partial charge in [-0.3, -0.25) is 4.98 Å². The molecule has 0 bridgehead atoms. The second kappa shape index (κ2) is 7.63. The molecule has 0 aromatic carbocycles. The summed E-state index contributed by atoms with van der Waals surface area (Å²) in [5.74, 6) is 0.118. The molecular formula is C16H23F3N2O2S. The lowest BCUT2D eigenvalue weighted by Crippen LogP contribution is -2.35. The number of hydrogen-bond acceptors (Lipinski definition) is 3. The van der Waals surface area contributed by atoms with Gasteiger partial charge in [-0.1, -0.05) is 0 Å². The van der Waals surface area contributed by atoms with Crippen molar-refractivity contribution in [3.05, 3.63) is 29.6 Å². The van der Waals surface area contributed by atoms with Crippen molar-refractivity contribution in [3.8, 4) is 0 Å². The van der Waals surface area contributed by atoms with Gasteiger partial charge in [0.25, 0.3) is 0 Å². The molecule has 1 aliphatic rings. The Kier molecular flexibility index (Phi) is 6.55.